The second kappa shape index (κ2) is 5.89. The Balaban J connectivity index is 2.14. The van der Waals surface area contributed by atoms with Gasteiger partial charge in [0, 0.05) is 0 Å². The van der Waals surface area contributed by atoms with Crippen LogP contribution >= 0.6 is 0 Å². The third-order valence-corrected chi connectivity index (χ3v) is 5.03. The van der Waals surface area contributed by atoms with Crippen LogP contribution in [0.3, 0.4) is 0 Å². The molecule has 0 aromatic heterocycles. The molecule has 95 valence electrons. The van der Waals surface area contributed by atoms with Crippen LogP contribution in [0.4, 0.5) is 0 Å². The van der Waals surface area contributed by atoms with Gasteiger partial charge in [0.15, 0.2) is 0 Å². The van der Waals surface area contributed by atoms with Crippen LogP contribution in [0.1, 0.15) is 64.2 Å². The molecule has 0 aromatic rings. The minimum absolute atomic E-state index is 0.584. The molecule has 0 heterocycles. The zero-order valence-corrected chi connectivity index (χ0v) is 11.2. The van der Waals surface area contributed by atoms with Gasteiger partial charge in [-0.2, -0.15) is 0 Å². The SMILES string of the molecule is C=CC[C]1CCCCC1C1(CC=C)CCCC1. The molecular weight excluding hydrogens is 204 g/mol. The fraction of sp³-hybridized carbons (Fsp3) is 0.706. The zero-order valence-electron chi connectivity index (χ0n) is 11.2. The smallest absolute Gasteiger partial charge is 0.0167 e. The highest BCUT2D eigenvalue weighted by Gasteiger charge is 2.44. The van der Waals surface area contributed by atoms with Crippen molar-refractivity contribution in [3.63, 3.8) is 0 Å². The van der Waals surface area contributed by atoms with E-state index >= 15 is 0 Å². The highest BCUT2D eigenvalue weighted by molar-refractivity contribution is 5.11. The van der Waals surface area contributed by atoms with E-state index in [1.165, 1.54) is 57.8 Å². The molecule has 0 aromatic carbocycles. The van der Waals surface area contributed by atoms with Gasteiger partial charge in [0.2, 0.25) is 0 Å². The van der Waals surface area contributed by atoms with Crippen molar-refractivity contribution in [2.45, 2.75) is 64.2 Å². The Morgan fingerprint density at radius 1 is 1.06 bits per heavy atom. The normalized spacial score (nSPS) is 29.1. The molecule has 0 N–H and O–H groups in total. The maximum atomic E-state index is 4.01. The second-order valence-corrected chi connectivity index (χ2v) is 6.01. The summed E-state index contributed by atoms with van der Waals surface area (Å²) in [6.45, 7) is 7.95. The highest BCUT2D eigenvalue weighted by Crippen LogP contribution is 2.55. The van der Waals surface area contributed by atoms with Crippen LogP contribution in [-0.4, -0.2) is 0 Å². The van der Waals surface area contributed by atoms with Crippen LogP contribution in [0.25, 0.3) is 0 Å². The lowest BCUT2D eigenvalue weighted by atomic mass is 9.61. The van der Waals surface area contributed by atoms with E-state index in [-0.39, 0.29) is 0 Å². The van der Waals surface area contributed by atoms with Crippen molar-refractivity contribution in [3.8, 4) is 0 Å². The van der Waals surface area contributed by atoms with E-state index < -0.39 is 0 Å². The fourth-order valence-electron chi connectivity index (χ4n) is 4.31. The Hall–Kier alpha value is -0.520. The first-order chi connectivity index (χ1) is 8.32. The van der Waals surface area contributed by atoms with Crippen molar-refractivity contribution in [3.05, 3.63) is 31.2 Å². The lowest BCUT2D eigenvalue weighted by molar-refractivity contribution is 0.142. The third kappa shape index (κ3) is 2.67. The molecule has 2 aliphatic carbocycles. The molecule has 1 unspecified atom stereocenters. The summed E-state index contributed by atoms with van der Waals surface area (Å²) in [7, 11) is 0. The summed E-state index contributed by atoms with van der Waals surface area (Å²) in [5, 5.41) is 0. The molecule has 17 heavy (non-hydrogen) atoms. The van der Waals surface area contributed by atoms with E-state index in [1.807, 2.05) is 0 Å². The summed E-state index contributed by atoms with van der Waals surface area (Å²) in [5.74, 6) is 2.67. The Kier molecular flexibility index (Phi) is 4.48. The highest BCUT2D eigenvalue weighted by atomic mass is 14.5. The number of allylic oxidation sites excluding steroid dienone is 2. The van der Waals surface area contributed by atoms with Crippen LogP contribution in [0.2, 0.25) is 0 Å². The van der Waals surface area contributed by atoms with Crippen LogP contribution in [0, 0.1) is 17.3 Å². The molecule has 0 nitrogen and oxygen atoms in total. The van der Waals surface area contributed by atoms with Gasteiger partial charge in [0.05, 0.1) is 0 Å². The Morgan fingerprint density at radius 2 is 1.82 bits per heavy atom. The molecule has 1 atom stereocenters. The molecule has 0 bridgehead atoms. The quantitative estimate of drug-likeness (QED) is 0.551. The predicted octanol–water partition coefficient (Wildman–Crippen LogP) is 5.46. The maximum Gasteiger partial charge on any atom is -0.0167 e. The van der Waals surface area contributed by atoms with Crippen molar-refractivity contribution in [1.82, 2.24) is 0 Å². The average molecular weight is 231 g/mol. The molecule has 0 amide bonds. The molecular formula is C17H27. The summed E-state index contributed by atoms with van der Waals surface area (Å²) < 4.78 is 0. The minimum atomic E-state index is 0.584. The summed E-state index contributed by atoms with van der Waals surface area (Å²) >= 11 is 0. The predicted molar refractivity (Wildman–Crippen MR) is 75.7 cm³/mol. The lowest BCUT2D eigenvalue weighted by Crippen LogP contribution is -2.34. The van der Waals surface area contributed by atoms with Crippen molar-refractivity contribution in [1.29, 1.82) is 0 Å². The molecule has 0 aliphatic heterocycles. The van der Waals surface area contributed by atoms with Gasteiger partial charge in [0.25, 0.3) is 0 Å². The van der Waals surface area contributed by atoms with Gasteiger partial charge in [-0.15, -0.1) is 13.2 Å². The third-order valence-electron chi connectivity index (χ3n) is 5.03. The van der Waals surface area contributed by atoms with E-state index in [2.05, 4.69) is 25.3 Å². The van der Waals surface area contributed by atoms with Gasteiger partial charge in [-0.1, -0.05) is 37.8 Å². The summed E-state index contributed by atoms with van der Waals surface area (Å²) in [6, 6.07) is 0. The standard InChI is InChI=1S/C17H27/c1-3-9-15-10-5-6-11-16(15)17(12-4-2)13-7-8-14-17/h3-4,16H,1-2,5-14H2. The summed E-state index contributed by atoms with van der Waals surface area (Å²) in [6.07, 6.45) is 18.0. The van der Waals surface area contributed by atoms with Gasteiger partial charge in [0.1, 0.15) is 0 Å². The zero-order chi connectivity index (χ0) is 12.1. The van der Waals surface area contributed by atoms with E-state index in [1.54, 1.807) is 5.92 Å². The van der Waals surface area contributed by atoms with Crippen molar-refractivity contribution >= 4 is 0 Å². The first-order valence-corrected chi connectivity index (χ1v) is 7.39. The summed E-state index contributed by atoms with van der Waals surface area (Å²) in [4.78, 5) is 0. The first kappa shape index (κ1) is 12.9. The van der Waals surface area contributed by atoms with Gasteiger partial charge < -0.3 is 0 Å². The number of hydrogen-bond donors (Lipinski definition) is 0. The molecule has 2 saturated carbocycles. The fourth-order valence-corrected chi connectivity index (χ4v) is 4.31. The van der Waals surface area contributed by atoms with Gasteiger partial charge in [-0.25, -0.2) is 0 Å². The molecule has 0 heteroatoms. The van der Waals surface area contributed by atoms with E-state index in [9.17, 15) is 0 Å². The van der Waals surface area contributed by atoms with E-state index in [0.717, 1.165) is 12.3 Å². The molecule has 2 aliphatic rings. The Bertz CT molecular complexity index is 257. The lowest BCUT2D eigenvalue weighted by Gasteiger charge is -2.44. The maximum absolute atomic E-state index is 4.01. The van der Waals surface area contributed by atoms with Crippen LogP contribution in [-0.2, 0) is 0 Å². The molecule has 2 fully saturated rings. The minimum Gasteiger partial charge on any atom is -0.103 e. The average Bonchev–Trinajstić information content (AvgIpc) is 2.80. The molecule has 0 saturated heterocycles. The van der Waals surface area contributed by atoms with Crippen molar-refractivity contribution in [2.24, 2.45) is 11.3 Å². The summed E-state index contributed by atoms with van der Waals surface area (Å²) in [5.41, 5.74) is 0.584. The second-order valence-electron chi connectivity index (χ2n) is 6.01. The molecule has 1 radical (unpaired) electrons. The molecule has 2 rings (SSSR count). The Labute approximate surface area is 107 Å². The van der Waals surface area contributed by atoms with Crippen LogP contribution in [0.15, 0.2) is 25.3 Å². The van der Waals surface area contributed by atoms with Gasteiger partial charge >= 0.3 is 0 Å². The monoisotopic (exact) mass is 231 g/mol. The molecule has 0 spiro atoms. The van der Waals surface area contributed by atoms with E-state index in [0.29, 0.717) is 5.41 Å². The number of rotatable bonds is 5. The van der Waals surface area contributed by atoms with Crippen molar-refractivity contribution in [2.75, 3.05) is 0 Å². The Morgan fingerprint density at radius 3 is 2.47 bits per heavy atom. The van der Waals surface area contributed by atoms with Crippen LogP contribution in [0.5, 0.6) is 0 Å². The number of hydrogen-bond acceptors (Lipinski definition) is 0. The topological polar surface area (TPSA) is 0 Å². The van der Waals surface area contributed by atoms with Gasteiger partial charge in [-0.05, 0) is 55.8 Å². The van der Waals surface area contributed by atoms with Crippen molar-refractivity contribution < 1.29 is 0 Å². The first-order valence-electron chi connectivity index (χ1n) is 7.39. The van der Waals surface area contributed by atoms with E-state index in [4.69, 9.17) is 0 Å². The van der Waals surface area contributed by atoms with Crippen LogP contribution < -0.4 is 0 Å². The largest absolute Gasteiger partial charge is 0.103 e. The van der Waals surface area contributed by atoms with Gasteiger partial charge in [-0.3, -0.25) is 0 Å².